The molecule has 2 aliphatic rings. The molecule has 0 aliphatic carbocycles. The highest BCUT2D eigenvalue weighted by Gasteiger charge is 2.48. The molecule has 1 aromatic carbocycles. The topological polar surface area (TPSA) is 228 Å². The Balaban J connectivity index is 1.50. The lowest BCUT2D eigenvalue weighted by Gasteiger charge is -2.38. The molecule has 3 amide bonds. The quantitative estimate of drug-likeness (QED) is 0.0865. The van der Waals surface area contributed by atoms with Crippen LogP contribution in [-0.2, 0) is 44.8 Å². The Morgan fingerprint density at radius 2 is 1.71 bits per heavy atom. The van der Waals surface area contributed by atoms with Crippen molar-refractivity contribution in [3.05, 3.63) is 35.9 Å². The maximum absolute atomic E-state index is 11.9. The highest BCUT2D eigenvalue weighted by molar-refractivity contribution is 6.14. The number of carboxylic acids is 1. The molecule has 1 fully saturated rings. The molecule has 16 heteroatoms. The van der Waals surface area contributed by atoms with Crippen molar-refractivity contribution in [3.8, 4) is 11.5 Å². The molecule has 3 rings (SSSR count). The zero-order chi connectivity index (χ0) is 30.1. The number of aliphatic carboxylic acids is 1. The van der Waals surface area contributed by atoms with Gasteiger partial charge in [0.25, 0.3) is 11.8 Å². The maximum atomic E-state index is 11.9. The molecule has 2 aliphatic heterocycles. The number of nitrogens with one attached hydrogen (secondary N) is 1. The monoisotopic (exact) mass is 582 g/mol. The average molecular weight is 583 g/mol. The van der Waals surface area contributed by atoms with Crippen LogP contribution in [0.1, 0.15) is 12.5 Å². The normalized spacial score (nSPS) is 23.8. The summed E-state index contributed by atoms with van der Waals surface area (Å²) in [6.07, 6.45) is -6.83. The summed E-state index contributed by atoms with van der Waals surface area (Å²) in [7, 11) is 0. The summed E-state index contributed by atoms with van der Waals surface area (Å²) in [5.74, 6) is -3.54. The Hall–Kier alpha value is -4.09. The van der Waals surface area contributed by atoms with E-state index in [0.29, 0.717) is 5.56 Å². The Morgan fingerprint density at radius 3 is 2.37 bits per heavy atom. The van der Waals surface area contributed by atoms with Crippen molar-refractivity contribution < 1.29 is 68.1 Å². The van der Waals surface area contributed by atoms with Gasteiger partial charge in [0.2, 0.25) is 12.2 Å². The number of rotatable bonds is 14. The molecule has 224 valence electrons. The van der Waals surface area contributed by atoms with Crippen LogP contribution in [0.15, 0.2) is 30.4 Å². The van der Waals surface area contributed by atoms with Crippen LogP contribution < -0.4 is 14.8 Å². The fourth-order valence-corrected chi connectivity index (χ4v) is 3.69. The minimum atomic E-state index is -1.88. The van der Waals surface area contributed by atoms with Crippen LogP contribution in [0, 0.1) is 0 Å². The number of hydrogen-bond acceptors (Lipinski definition) is 13. The lowest BCUT2D eigenvalue weighted by molar-refractivity contribution is -0.271. The number of nitrogens with zero attached hydrogens (tertiary/aromatic N) is 1. The van der Waals surface area contributed by atoms with Crippen LogP contribution in [0.2, 0.25) is 0 Å². The number of hydrogen-bond donors (Lipinski definition) is 5. The van der Waals surface area contributed by atoms with Gasteiger partial charge in [-0.2, -0.15) is 0 Å². The highest BCUT2D eigenvalue weighted by atomic mass is 16.7. The Bertz CT molecular complexity index is 1150. The van der Waals surface area contributed by atoms with Crippen LogP contribution in [0.25, 0.3) is 0 Å². The number of carbonyl (C=O) groups is 5. The molecule has 1 aromatic rings. The lowest BCUT2D eigenvalue weighted by atomic mass is 9.99. The fraction of sp³-hybridized carbons (Fsp3) is 0.480. The van der Waals surface area contributed by atoms with Crippen LogP contribution in [0.3, 0.4) is 0 Å². The summed E-state index contributed by atoms with van der Waals surface area (Å²) >= 11 is 0. The molecule has 0 radical (unpaired) electrons. The maximum Gasteiger partial charge on any atom is 0.335 e. The van der Waals surface area contributed by atoms with Gasteiger partial charge in [-0.25, -0.2) is 4.79 Å². The van der Waals surface area contributed by atoms with Gasteiger partial charge in [0.1, 0.15) is 49.6 Å². The first-order chi connectivity index (χ1) is 19.5. The van der Waals surface area contributed by atoms with E-state index >= 15 is 0 Å². The van der Waals surface area contributed by atoms with Crippen LogP contribution in [-0.4, -0.2) is 119 Å². The number of aliphatic hydroxyl groups excluding tert-OH is 3. The minimum Gasteiger partial charge on any atom is -0.491 e. The van der Waals surface area contributed by atoms with E-state index in [2.05, 4.69) is 5.32 Å². The molecule has 0 aromatic heterocycles. The molecule has 0 spiro atoms. The van der Waals surface area contributed by atoms with Crippen LogP contribution in [0.5, 0.6) is 11.5 Å². The standard InChI is InChI=1S/C25H30N2O14/c1-13(28)39-12-14-2-3-15(40-25-22(34)20(32)21(33)23(41-25)24(35)36)10-16(14)38-9-8-37-7-6-26-17(29)11-27-18(30)4-5-19(27)31/h2-5,10,20-23,25,32-34H,6-9,11-12H2,1H3,(H,26,29)(H,35,36)/t20-,21-,22+,23-,25+/m0/s1. The van der Waals surface area contributed by atoms with Gasteiger partial charge in [-0.05, 0) is 12.1 Å². The second-order valence-electron chi connectivity index (χ2n) is 8.81. The molecule has 41 heavy (non-hydrogen) atoms. The van der Waals surface area contributed by atoms with E-state index in [4.69, 9.17) is 23.7 Å². The van der Waals surface area contributed by atoms with E-state index in [-0.39, 0.29) is 44.5 Å². The van der Waals surface area contributed by atoms with Crippen molar-refractivity contribution in [1.82, 2.24) is 10.2 Å². The van der Waals surface area contributed by atoms with E-state index in [0.717, 1.165) is 17.1 Å². The molecule has 0 bridgehead atoms. The second kappa shape index (κ2) is 14.5. The van der Waals surface area contributed by atoms with Crippen molar-refractivity contribution in [2.24, 2.45) is 0 Å². The first-order valence-electron chi connectivity index (χ1n) is 12.3. The Labute approximate surface area is 233 Å². The van der Waals surface area contributed by atoms with Gasteiger partial charge < -0.3 is 49.4 Å². The molecule has 0 unspecified atom stereocenters. The van der Waals surface area contributed by atoms with Crippen LogP contribution in [0.4, 0.5) is 0 Å². The molecular weight excluding hydrogens is 552 g/mol. The van der Waals surface area contributed by atoms with Gasteiger partial charge in [-0.3, -0.25) is 24.1 Å². The molecule has 5 N–H and O–H groups in total. The number of benzene rings is 1. The molecule has 0 saturated carbocycles. The average Bonchev–Trinajstić information content (AvgIpc) is 3.24. The third-order valence-corrected chi connectivity index (χ3v) is 5.79. The SMILES string of the molecule is CC(=O)OCc1ccc(O[C@@H]2O[C@H](C(=O)O)[C@@H](O)[C@H](O)[C@H]2O)cc1OCCOCCNC(=O)CN1C(=O)C=CC1=O. The number of amides is 3. The van der Waals surface area contributed by atoms with E-state index in [1.165, 1.54) is 25.1 Å². The number of aliphatic hydroxyl groups is 3. The fourth-order valence-electron chi connectivity index (χ4n) is 3.69. The highest BCUT2D eigenvalue weighted by Crippen LogP contribution is 2.29. The summed E-state index contributed by atoms with van der Waals surface area (Å²) in [6, 6.07) is 4.26. The van der Waals surface area contributed by atoms with E-state index in [9.17, 15) is 44.4 Å². The van der Waals surface area contributed by atoms with Gasteiger partial charge in [-0.1, -0.05) is 0 Å². The van der Waals surface area contributed by atoms with E-state index in [1.807, 2.05) is 0 Å². The summed E-state index contributed by atoms with van der Waals surface area (Å²) < 4.78 is 26.7. The van der Waals surface area contributed by atoms with Gasteiger partial charge in [-0.15, -0.1) is 0 Å². The number of ether oxygens (including phenoxy) is 5. The Morgan fingerprint density at radius 1 is 1.00 bits per heavy atom. The largest absolute Gasteiger partial charge is 0.491 e. The summed E-state index contributed by atoms with van der Waals surface area (Å²) in [4.78, 5) is 58.3. The van der Waals surface area contributed by atoms with Crippen molar-refractivity contribution in [1.29, 1.82) is 0 Å². The summed E-state index contributed by atoms with van der Waals surface area (Å²) in [5.41, 5.74) is 0.435. The molecule has 16 nitrogen and oxygen atoms in total. The van der Waals surface area contributed by atoms with Gasteiger partial charge in [0.05, 0.1) is 13.2 Å². The number of carboxylic acid groups (broad SMARTS) is 1. The molecule has 5 atom stereocenters. The zero-order valence-electron chi connectivity index (χ0n) is 21.8. The molecule has 1 saturated heterocycles. The van der Waals surface area contributed by atoms with Crippen molar-refractivity contribution in [2.45, 2.75) is 44.2 Å². The first-order valence-corrected chi connectivity index (χ1v) is 12.3. The third-order valence-electron chi connectivity index (χ3n) is 5.79. The van der Waals surface area contributed by atoms with Gasteiger partial charge in [0.15, 0.2) is 6.10 Å². The number of carbonyl (C=O) groups excluding carboxylic acids is 4. The Kier molecular flexibility index (Phi) is 11.1. The second-order valence-corrected chi connectivity index (χ2v) is 8.81. The minimum absolute atomic E-state index is 0.00146. The predicted octanol–water partition coefficient (Wildman–Crippen LogP) is -2.54. The van der Waals surface area contributed by atoms with Crippen molar-refractivity contribution in [3.63, 3.8) is 0 Å². The predicted molar refractivity (Wildman–Crippen MR) is 132 cm³/mol. The number of imide groups is 1. The van der Waals surface area contributed by atoms with Crippen LogP contribution >= 0.6 is 0 Å². The smallest absolute Gasteiger partial charge is 0.335 e. The number of esters is 1. The lowest BCUT2D eigenvalue weighted by Crippen LogP contribution is -2.61. The van der Waals surface area contributed by atoms with Gasteiger partial charge >= 0.3 is 11.9 Å². The summed E-state index contributed by atoms with van der Waals surface area (Å²) in [6.45, 7) is 0.931. The van der Waals surface area contributed by atoms with E-state index < -0.39 is 66.9 Å². The molecular formula is C25H30N2O14. The summed E-state index contributed by atoms with van der Waals surface area (Å²) in [5, 5.41) is 41.7. The third kappa shape index (κ3) is 8.70. The first kappa shape index (κ1) is 31.4. The van der Waals surface area contributed by atoms with Crippen molar-refractivity contribution >= 4 is 29.7 Å². The molecule has 2 heterocycles. The van der Waals surface area contributed by atoms with E-state index in [1.54, 1.807) is 0 Å². The van der Waals surface area contributed by atoms with Gasteiger partial charge in [0, 0.05) is 37.3 Å². The zero-order valence-corrected chi connectivity index (χ0v) is 21.8. The van der Waals surface area contributed by atoms with Crippen molar-refractivity contribution in [2.75, 3.05) is 32.9 Å².